The quantitative estimate of drug-likeness (QED) is 0.0321. The smallest absolute Gasteiger partial charge is 0.249 e. The average molecular weight is 720 g/mol. The van der Waals surface area contributed by atoms with E-state index in [1.807, 2.05) is 0 Å². The zero-order valence-corrected chi connectivity index (χ0v) is 33.6. The summed E-state index contributed by atoms with van der Waals surface area (Å²) in [4.78, 5) is 12.5. The molecule has 0 aromatic heterocycles. The first-order valence-electron chi connectivity index (χ1n) is 21.9. The molecular formula is C45H85NO5. The van der Waals surface area contributed by atoms with Gasteiger partial charge in [-0.15, -0.1) is 0 Å². The van der Waals surface area contributed by atoms with Crippen molar-refractivity contribution in [2.24, 2.45) is 0 Å². The van der Waals surface area contributed by atoms with Crippen molar-refractivity contribution in [1.29, 1.82) is 0 Å². The van der Waals surface area contributed by atoms with Crippen LogP contribution in [-0.2, 0) is 4.79 Å². The zero-order valence-electron chi connectivity index (χ0n) is 33.6. The molecule has 300 valence electrons. The lowest BCUT2D eigenvalue weighted by Crippen LogP contribution is -2.53. The number of allylic oxidation sites excluding steroid dienone is 6. The molecule has 0 aromatic rings. The maximum absolute atomic E-state index is 12.5. The Hall–Kier alpha value is -1.47. The third-order valence-corrected chi connectivity index (χ3v) is 10.1. The summed E-state index contributed by atoms with van der Waals surface area (Å²) in [6.45, 7) is 4.01. The molecule has 0 aliphatic carbocycles. The predicted molar refractivity (Wildman–Crippen MR) is 219 cm³/mol. The number of carbonyl (C=O) groups excluding carboxylic acids is 1. The maximum Gasteiger partial charge on any atom is 0.249 e. The molecule has 0 saturated carbocycles. The highest BCUT2D eigenvalue weighted by Gasteiger charge is 2.28. The van der Waals surface area contributed by atoms with Gasteiger partial charge in [-0.3, -0.25) is 4.79 Å². The minimum Gasteiger partial charge on any atom is -0.394 e. The van der Waals surface area contributed by atoms with Crippen LogP contribution < -0.4 is 5.32 Å². The van der Waals surface area contributed by atoms with Gasteiger partial charge in [-0.05, 0) is 77.0 Å². The van der Waals surface area contributed by atoms with Crippen LogP contribution in [0, 0.1) is 0 Å². The Morgan fingerprint density at radius 2 is 0.824 bits per heavy atom. The second-order valence-corrected chi connectivity index (χ2v) is 15.0. The van der Waals surface area contributed by atoms with Gasteiger partial charge in [0.2, 0.25) is 5.91 Å². The summed E-state index contributed by atoms with van der Waals surface area (Å²) in [6, 6.07) is -1.01. The van der Waals surface area contributed by atoms with Gasteiger partial charge in [-0.25, -0.2) is 0 Å². The van der Waals surface area contributed by atoms with Crippen molar-refractivity contribution in [3.63, 3.8) is 0 Å². The lowest BCUT2D eigenvalue weighted by atomic mass is 10.00. The minimum absolute atomic E-state index is 0.353. The number of aliphatic hydroxyl groups is 4. The van der Waals surface area contributed by atoms with Gasteiger partial charge in [-0.1, -0.05) is 172 Å². The normalized spacial score (nSPS) is 14.5. The Morgan fingerprint density at radius 1 is 0.471 bits per heavy atom. The summed E-state index contributed by atoms with van der Waals surface area (Å²) < 4.78 is 0. The van der Waals surface area contributed by atoms with Crippen LogP contribution in [-0.4, -0.2) is 57.3 Å². The Bertz CT molecular complexity index is 812. The number of carbonyl (C=O) groups is 1. The van der Waals surface area contributed by atoms with E-state index >= 15 is 0 Å². The molecule has 6 heteroatoms. The molecule has 0 rings (SSSR count). The molecule has 51 heavy (non-hydrogen) atoms. The molecule has 0 heterocycles. The van der Waals surface area contributed by atoms with E-state index in [2.05, 4.69) is 55.6 Å². The lowest BCUT2D eigenvalue weighted by molar-refractivity contribution is -0.132. The number of rotatable bonds is 39. The number of hydrogen-bond acceptors (Lipinski definition) is 5. The summed E-state index contributed by atoms with van der Waals surface area (Å²) in [7, 11) is 0. The SMILES string of the molecule is CCCCCC/C=C/CC/C=C/CCCC(O)C(O)C(CO)NC(=O)C(O)CCCCCCCC/C=C\CCCCCCCCCCCCCC. The second kappa shape index (κ2) is 39.7. The van der Waals surface area contributed by atoms with Crippen molar-refractivity contribution in [1.82, 2.24) is 5.32 Å². The van der Waals surface area contributed by atoms with Crippen LogP contribution in [0.2, 0.25) is 0 Å². The molecule has 5 N–H and O–H groups in total. The molecule has 1 amide bonds. The lowest BCUT2D eigenvalue weighted by Gasteiger charge is -2.27. The van der Waals surface area contributed by atoms with Gasteiger partial charge in [0.05, 0.1) is 18.8 Å². The van der Waals surface area contributed by atoms with E-state index in [1.165, 1.54) is 122 Å². The van der Waals surface area contributed by atoms with E-state index in [-0.39, 0.29) is 0 Å². The molecule has 0 radical (unpaired) electrons. The topological polar surface area (TPSA) is 110 Å². The van der Waals surface area contributed by atoms with E-state index in [9.17, 15) is 25.2 Å². The van der Waals surface area contributed by atoms with Crippen LogP contribution in [0.1, 0.15) is 213 Å². The highest BCUT2D eigenvalue weighted by molar-refractivity contribution is 5.80. The molecule has 4 unspecified atom stereocenters. The molecule has 0 saturated heterocycles. The first-order valence-corrected chi connectivity index (χ1v) is 21.9. The number of unbranched alkanes of at least 4 members (excludes halogenated alkanes) is 24. The summed E-state index contributed by atoms with van der Waals surface area (Å²) >= 11 is 0. The van der Waals surface area contributed by atoms with Crippen molar-refractivity contribution < 1.29 is 25.2 Å². The van der Waals surface area contributed by atoms with Crippen LogP contribution in [0.25, 0.3) is 0 Å². The number of hydrogen-bond donors (Lipinski definition) is 5. The third kappa shape index (κ3) is 34.1. The van der Waals surface area contributed by atoms with Gasteiger partial charge >= 0.3 is 0 Å². The second-order valence-electron chi connectivity index (χ2n) is 15.0. The molecule has 0 aliphatic heterocycles. The van der Waals surface area contributed by atoms with Crippen LogP contribution in [0.4, 0.5) is 0 Å². The van der Waals surface area contributed by atoms with Crippen molar-refractivity contribution in [3.8, 4) is 0 Å². The fraction of sp³-hybridized carbons (Fsp3) is 0.844. The van der Waals surface area contributed by atoms with E-state index < -0.39 is 36.9 Å². The Balaban J connectivity index is 3.77. The van der Waals surface area contributed by atoms with Crippen LogP contribution in [0.3, 0.4) is 0 Å². The van der Waals surface area contributed by atoms with Gasteiger partial charge in [0.1, 0.15) is 12.2 Å². The van der Waals surface area contributed by atoms with Crippen molar-refractivity contribution in [2.45, 2.75) is 237 Å². The average Bonchev–Trinajstić information content (AvgIpc) is 3.13. The first kappa shape index (κ1) is 49.5. The minimum atomic E-state index is -1.29. The van der Waals surface area contributed by atoms with Gasteiger partial charge in [0, 0.05) is 0 Å². The summed E-state index contributed by atoms with van der Waals surface area (Å²) in [5, 5.41) is 43.5. The van der Waals surface area contributed by atoms with Gasteiger partial charge < -0.3 is 25.7 Å². The van der Waals surface area contributed by atoms with Gasteiger partial charge in [-0.2, -0.15) is 0 Å². The molecule has 0 aliphatic rings. The molecule has 0 aromatic carbocycles. The summed E-state index contributed by atoms with van der Waals surface area (Å²) in [5.41, 5.74) is 0. The Labute approximate surface area is 316 Å². The molecule has 6 nitrogen and oxygen atoms in total. The zero-order chi connectivity index (χ0) is 37.5. The van der Waals surface area contributed by atoms with E-state index in [1.54, 1.807) is 0 Å². The van der Waals surface area contributed by atoms with E-state index in [4.69, 9.17) is 0 Å². The highest BCUT2D eigenvalue weighted by Crippen LogP contribution is 2.15. The monoisotopic (exact) mass is 720 g/mol. The van der Waals surface area contributed by atoms with Gasteiger partial charge in [0.15, 0.2) is 0 Å². The number of nitrogens with one attached hydrogen (secondary N) is 1. The largest absolute Gasteiger partial charge is 0.394 e. The van der Waals surface area contributed by atoms with Crippen molar-refractivity contribution >= 4 is 5.91 Å². The maximum atomic E-state index is 12.5. The van der Waals surface area contributed by atoms with Crippen molar-refractivity contribution in [3.05, 3.63) is 36.5 Å². The molecule has 4 atom stereocenters. The first-order chi connectivity index (χ1) is 25.0. The summed E-state index contributed by atoms with van der Waals surface area (Å²) in [6.07, 6.45) is 46.1. The summed E-state index contributed by atoms with van der Waals surface area (Å²) in [5.74, 6) is -0.603. The van der Waals surface area contributed by atoms with E-state index in [0.29, 0.717) is 19.3 Å². The Morgan fingerprint density at radius 3 is 1.25 bits per heavy atom. The molecular weight excluding hydrogens is 634 g/mol. The van der Waals surface area contributed by atoms with E-state index in [0.717, 1.165) is 57.8 Å². The fourth-order valence-electron chi connectivity index (χ4n) is 6.53. The third-order valence-electron chi connectivity index (χ3n) is 10.1. The van der Waals surface area contributed by atoms with Gasteiger partial charge in [0.25, 0.3) is 0 Å². The van der Waals surface area contributed by atoms with Crippen LogP contribution in [0.5, 0.6) is 0 Å². The van der Waals surface area contributed by atoms with Crippen LogP contribution >= 0.6 is 0 Å². The molecule has 0 bridgehead atoms. The van der Waals surface area contributed by atoms with Crippen molar-refractivity contribution in [2.75, 3.05) is 6.61 Å². The number of amides is 1. The predicted octanol–water partition coefficient (Wildman–Crippen LogP) is 11.3. The fourth-order valence-corrected chi connectivity index (χ4v) is 6.53. The standard InChI is InChI=1S/C45H85NO5/c1-3-5-7-9-11-13-15-17-18-19-20-21-22-23-24-25-27-29-31-33-35-37-39-43(49)45(51)46-41(40-47)44(50)42(48)38-36-34-32-30-28-26-16-14-12-10-8-6-4-2/h14,16,23-24,30,32,41-44,47-50H,3-13,15,17-22,25-29,31,33-40H2,1-2H3,(H,46,51)/b16-14+,24-23-,32-30+. The number of aliphatic hydroxyl groups excluding tert-OH is 4. The van der Waals surface area contributed by atoms with Crippen LogP contribution in [0.15, 0.2) is 36.5 Å². The molecule has 0 spiro atoms. The molecule has 0 fully saturated rings. The highest BCUT2D eigenvalue weighted by atomic mass is 16.3. The Kier molecular flexibility index (Phi) is 38.6.